The Bertz CT molecular complexity index is 936. The Morgan fingerprint density at radius 1 is 1.22 bits per heavy atom. The van der Waals surface area contributed by atoms with Crippen molar-refractivity contribution in [3.8, 4) is 0 Å². The molecule has 0 aliphatic heterocycles. The molecular weight excluding hydrogens is 467 g/mol. The Morgan fingerprint density at radius 3 is 2.72 bits per heavy atom. The summed E-state index contributed by atoms with van der Waals surface area (Å²) < 4.78 is 4.93. The van der Waals surface area contributed by atoms with Gasteiger partial charge in [0.25, 0.3) is 0 Å². The topological polar surface area (TPSA) is 66.8 Å². The zero-order valence-corrected chi connectivity index (χ0v) is 20.7. The third kappa shape index (κ3) is 6.21. The fourth-order valence-corrected chi connectivity index (χ4v) is 6.51. The van der Waals surface area contributed by atoms with Crippen LogP contribution in [0.2, 0.25) is 5.02 Å². The number of aliphatic hydroxyl groups excluding tert-OH is 2. The van der Waals surface area contributed by atoms with E-state index in [9.17, 15) is 9.90 Å². The van der Waals surface area contributed by atoms with Crippen LogP contribution in [0, 0.1) is 25.7 Å². The van der Waals surface area contributed by atoms with Gasteiger partial charge in [0.1, 0.15) is 6.61 Å². The normalized spacial score (nSPS) is 22.8. The van der Waals surface area contributed by atoms with Crippen LogP contribution in [0.25, 0.3) is 0 Å². The second kappa shape index (κ2) is 11.8. The predicted octanol–water partition coefficient (Wildman–Crippen LogP) is 5.44. The largest absolute Gasteiger partial charge is 0.460 e. The maximum absolute atomic E-state index is 12.0. The third-order valence-corrected chi connectivity index (χ3v) is 8.43. The molecule has 32 heavy (non-hydrogen) atoms. The summed E-state index contributed by atoms with van der Waals surface area (Å²) in [5, 5.41) is 19.7. The standard InChI is InChI=1S/C25H30Cl2O4S/c1-15-4-3-5-24(16(15)2)32-14-20-18(23(29)13-22(20)27)8-6-17-7-9-19(21(26)12-17)25(30)31-11-10-28/h3-5,7,9,12,18,20,22-23,28-29H,6,8,10-11,13-14H2,1-2H3/t18-,20-,22?,23?/m1/s1. The zero-order chi connectivity index (χ0) is 23.3. The highest BCUT2D eigenvalue weighted by Crippen LogP contribution is 2.42. The van der Waals surface area contributed by atoms with Crippen molar-refractivity contribution >= 4 is 40.9 Å². The molecular formula is C25H30Cl2O4S. The maximum atomic E-state index is 12.0. The van der Waals surface area contributed by atoms with Gasteiger partial charge < -0.3 is 14.9 Å². The van der Waals surface area contributed by atoms with Gasteiger partial charge >= 0.3 is 5.97 Å². The number of rotatable bonds is 9. The molecule has 2 N–H and O–H groups in total. The van der Waals surface area contributed by atoms with Crippen molar-refractivity contribution in [2.75, 3.05) is 19.0 Å². The fraction of sp³-hybridized carbons (Fsp3) is 0.480. The van der Waals surface area contributed by atoms with E-state index in [4.69, 9.17) is 33.0 Å². The second-order valence-corrected chi connectivity index (χ2v) is 10.4. The Kier molecular flexibility index (Phi) is 9.33. The van der Waals surface area contributed by atoms with E-state index in [1.807, 2.05) is 17.8 Å². The van der Waals surface area contributed by atoms with Crippen molar-refractivity contribution in [3.05, 3.63) is 63.7 Å². The van der Waals surface area contributed by atoms with E-state index in [2.05, 4.69) is 32.0 Å². The molecule has 0 heterocycles. The molecule has 1 fully saturated rings. The number of carbonyl (C=O) groups is 1. The van der Waals surface area contributed by atoms with Crippen LogP contribution in [0.15, 0.2) is 41.3 Å². The molecule has 0 saturated heterocycles. The lowest BCUT2D eigenvalue weighted by Crippen LogP contribution is -2.23. The molecule has 0 bridgehead atoms. The first-order valence-electron chi connectivity index (χ1n) is 10.9. The number of ether oxygens (including phenoxy) is 1. The van der Waals surface area contributed by atoms with Gasteiger partial charge in [-0.2, -0.15) is 0 Å². The van der Waals surface area contributed by atoms with Gasteiger partial charge in [-0.25, -0.2) is 4.79 Å². The summed E-state index contributed by atoms with van der Waals surface area (Å²) >= 11 is 14.8. The molecule has 174 valence electrons. The summed E-state index contributed by atoms with van der Waals surface area (Å²) in [6, 6.07) is 11.6. The van der Waals surface area contributed by atoms with Gasteiger partial charge in [0, 0.05) is 16.0 Å². The van der Waals surface area contributed by atoms with Crippen molar-refractivity contribution in [3.63, 3.8) is 0 Å². The number of thioether (sulfide) groups is 1. The van der Waals surface area contributed by atoms with Gasteiger partial charge in [-0.1, -0.05) is 29.8 Å². The Hall–Kier alpha value is -1.24. The van der Waals surface area contributed by atoms with Crippen LogP contribution >= 0.6 is 35.0 Å². The van der Waals surface area contributed by atoms with Crippen LogP contribution in [-0.4, -0.2) is 46.6 Å². The summed E-state index contributed by atoms with van der Waals surface area (Å²) in [4.78, 5) is 13.3. The quantitative estimate of drug-likeness (QED) is 0.275. The molecule has 3 rings (SSSR count). The van der Waals surface area contributed by atoms with Crippen LogP contribution < -0.4 is 0 Å². The third-order valence-electron chi connectivity index (χ3n) is 6.31. The maximum Gasteiger partial charge on any atom is 0.339 e. The van der Waals surface area contributed by atoms with E-state index >= 15 is 0 Å². The average molecular weight is 497 g/mol. The number of hydrogen-bond donors (Lipinski definition) is 2. The first kappa shape index (κ1) is 25.4. The highest BCUT2D eigenvalue weighted by atomic mass is 35.5. The summed E-state index contributed by atoms with van der Waals surface area (Å²) in [7, 11) is 0. The minimum atomic E-state index is -0.546. The molecule has 1 aliphatic carbocycles. The highest BCUT2D eigenvalue weighted by molar-refractivity contribution is 7.99. The summed E-state index contributed by atoms with van der Waals surface area (Å²) in [5.41, 5.74) is 3.86. The molecule has 0 aromatic heterocycles. The van der Waals surface area contributed by atoms with Crippen molar-refractivity contribution in [1.29, 1.82) is 0 Å². The first-order valence-corrected chi connectivity index (χ1v) is 12.7. The van der Waals surface area contributed by atoms with Crippen LogP contribution in [0.4, 0.5) is 0 Å². The van der Waals surface area contributed by atoms with E-state index in [0.717, 1.165) is 24.2 Å². The zero-order valence-electron chi connectivity index (χ0n) is 18.4. The number of halogens is 2. The highest BCUT2D eigenvalue weighted by Gasteiger charge is 2.41. The Labute approximate surface area is 204 Å². The van der Waals surface area contributed by atoms with Crippen LogP contribution in [0.1, 0.15) is 39.9 Å². The molecule has 0 amide bonds. The minimum Gasteiger partial charge on any atom is -0.460 e. The van der Waals surface area contributed by atoms with Gasteiger partial charge in [0.2, 0.25) is 0 Å². The van der Waals surface area contributed by atoms with E-state index in [-0.39, 0.29) is 36.0 Å². The summed E-state index contributed by atoms with van der Waals surface area (Å²) in [5.74, 6) is 0.662. The molecule has 0 spiro atoms. The monoisotopic (exact) mass is 496 g/mol. The van der Waals surface area contributed by atoms with Crippen molar-refractivity contribution in [2.24, 2.45) is 11.8 Å². The Balaban J connectivity index is 1.63. The van der Waals surface area contributed by atoms with Crippen LogP contribution in [-0.2, 0) is 11.2 Å². The molecule has 4 nitrogen and oxygen atoms in total. The number of hydrogen-bond acceptors (Lipinski definition) is 5. The van der Waals surface area contributed by atoms with E-state index < -0.39 is 12.1 Å². The number of aliphatic hydroxyl groups is 2. The van der Waals surface area contributed by atoms with Crippen molar-refractivity contribution < 1.29 is 19.7 Å². The van der Waals surface area contributed by atoms with Crippen molar-refractivity contribution in [1.82, 2.24) is 0 Å². The molecule has 2 unspecified atom stereocenters. The van der Waals surface area contributed by atoms with Crippen molar-refractivity contribution in [2.45, 2.75) is 49.5 Å². The van der Waals surface area contributed by atoms with E-state index in [1.54, 1.807) is 12.1 Å². The summed E-state index contributed by atoms with van der Waals surface area (Å²) in [6.45, 7) is 3.98. The van der Waals surface area contributed by atoms with Gasteiger partial charge in [-0.15, -0.1) is 23.4 Å². The molecule has 4 atom stereocenters. The van der Waals surface area contributed by atoms with Gasteiger partial charge in [0.05, 0.1) is 23.3 Å². The SMILES string of the molecule is Cc1cccc(SC[C@H]2C(Cl)CC(O)[C@@H]2CCc2ccc(C(=O)OCCO)c(Cl)c2)c1C. The molecule has 2 aromatic carbocycles. The smallest absolute Gasteiger partial charge is 0.339 e. The number of carbonyl (C=O) groups excluding carboxylic acids is 1. The average Bonchev–Trinajstić information content (AvgIpc) is 3.03. The molecule has 2 aromatic rings. The molecule has 0 radical (unpaired) electrons. The van der Waals surface area contributed by atoms with Gasteiger partial charge in [-0.05, 0) is 79.8 Å². The number of alkyl halides is 1. The predicted molar refractivity (Wildman–Crippen MR) is 131 cm³/mol. The van der Waals surface area contributed by atoms with Gasteiger partial charge in [0.15, 0.2) is 0 Å². The van der Waals surface area contributed by atoms with Gasteiger partial charge in [-0.3, -0.25) is 0 Å². The lowest BCUT2D eigenvalue weighted by molar-refractivity contribution is 0.0434. The summed E-state index contributed by atoms with van der Waals surface area (Å²) in [6.07, 6.45) is 1.74. The van der Waals surface area contributed by atoms with Crippen LogP contribution in [0.3, 0.4) is 0 Å². The second-order valence-electron chi connectivity index (χ2n) is 8.37. The van der Waals surface area contributed by atoms with Crippen LogP contribution in [0.5, 0.6) is 0 Å². The number of benzene rings is 2. The first-order chi connectivity index (χ1) is 15.3. The molecule has 7 heteroatoms. The lowest BCUT2D eigenvalue weighted by atomic mass is 9.89. The lowest BCUT2D eigenvalue weighted by Gasteiger charge is -2.24. The number of esters is 1. The molecule has 1 aliphatic rings. The fourth-order valence-electron chi connectivity index (χ4n) is 4.26. The Morgan fingerprint density at radius 2 is 2.00 bits per heavy atom. The molecule has 1 saturated carbocycles. The minimum absolute atomic E-state index is 0.0418. The van der Waals surface area contributed by atoms with E-state index in [1.165, 1.54) is 16.0 Å². The van der Waals surface area contributed by atoms with E-state index in [0.29, 0.717) is 11.4 Å². The number of aryl methyl sites for hydroxylation is 2.